The molecule has 11 heteroatoms. The van der Waals surface area contributed by atoms with Gasteiger partial charge in [0.25, 0.3) is 6.43 Å². The molecule has 1 unspecified atom stereocenters. The summed E-state index contributed by atoms with van der Waals surface area (Å²) in [4.78, 5) is 10.0. The van der Waals surface area contributed by atoms with Gasteiger partial charge in [0, 0.05) is 12.6 Å². The summed E-state index contributed by atoms with van der Waals surface area (Å²) in [5.74, 6) is -2.13. The van der Waals surface area contributed by atoms with Crippen molar-refractivity contribution in [2.75, 3.05) is 6.54 Å². The van der Waals surface area contributed by atoms with Crippen molar-refractivity contribution in [3.63, 3.8) is 0 Å². The van der Waals surface area contributed by atoms with Crippen LogP contribution in [0.4, 0.5) is 8.78 Å². The molecule has 0 fully saturated rings. The molecule has 0 radical (unpaired) electrons. The number of carbonyl (C=O) groups is 1. The van der Waals surface area contributed by atoms with E-state index in [1.807, 2.05) is 0 Å². The van der Waals surface area contributed by atoms with Gasteiger partial charge < -0.3 is 14.6 Å². The molecule has 1 aromatic rings. The summed E-state index contributed by atoms with van der Waals surface area (Å²) in [5, 5.41) is 17.4. The third-order valence-electron chi connectivity index (χ3n) is 1.93. The Morgan fingerprint density at radius 2 is 2.11 bits per heavy atom. The Hall–Kier alpha value is -1.04. The Morgan fingerprint density at radius 3 is 2.53 bits per heavy atom. The van der Waals surface area contributed by atoms with Gasteiger partial charge >= 0.3 is 5.97 Å². The second kappa shape index (κ2) is 5.94. The molecule has 19 heavy (non-hydrogen) atoms. The number of furan rings is 1. The Bertz CT molecular complexity index is 572. The number of carboxylic acids is 1. The van der Waals surface area contributed by atoms with Crippen LogP contribution < -0.4 is 4.72 Å². The minimum atomic E-state index is -4.28. The van der Waals surface area contributed by atoms with Gasteiger partial charge in [0.1, 0.15) is 11.0 Å². The van der Waals surface area contributed by atoms with Gasteiger partial charge in [-0.1, -0.05) is 0 Å². The van der Waals surface area contributed by atoms with E-state index in [4.69, 9.17) is 10.2 Å². The molecule has 0 saturated carbocycles. The summed E-state index contributed by atoms with van der Waals surface area (Å²) in [5.41, 5.74) is 0. The molecule has 1 rings (SSSR count). The van der Waals surface area contributed by atoms with Crippen LogP contribution in [-0.4, -0.2) is 43.7 Å². The van der Waals surface area contributed by atoms with Crippen LogP contribution in [0.25, 0.3) is 0 Å². The standard InChI is InChI=1S/C8H8BrF2NO6S/c9-6-5(1-4(18-6)8(14)15)19(16,17)12-2-3(13)7(10)11/h1,3,7,12-13H,2H2,(H,14,15). The first kappa shape index (κ1) is 16.0. The first-order valence-corrected chi connectivity index (χ1v) is 6.91. The molecule has 7 nitrogen and oxygen atoms in total. The maximum absolute atomic E-state index is 12.0. The van der Waals surface area contributed by atoms with Crippen molar-refractivity contribution in [1.82, 2.24) is 4.72 Å². The smallest absolute Gasteiger partial charge is 0.371 e. The Labute approximate surface area is 114 Å². The van der Waals surface area contributed by atoms with Gasteiger partial charge in [0.05, 0.1) is 0 Å². The SMILES string of the molecule is O=C(O)c1cc(S(=O)(=O)NCC(O)C(F)F)c(Br)o1. The summed E-state index contributed by atoms with van der Waals surface area (Å²) in [7, 11) is -4.28. The molecule has 0 spiro atoms. The number of aromatic carboxylic acids is 1. The molecule has 0 aliphatic rings. The number of alkyl halides is 2. The lowest BCUT2D eigenvalue weighted by Gasteiger charge is -2.10. The number of nitrogens with one attached hydrogen (secondary N) is 1. The number of aliphatic hydroxyl groups excluding tert-OH is 1. The van der Waals surface area contributed by atoms with E-state index in [1.165, 1.54) is 0 Å². The average Bonchev–Trinajstić information content (AvgIpc) is 2.69. The van der Waals surface area contributed by atoms with Crippen molar-refractivity contribution in [3.8, 4) is 0 Å². The zero-order chi connectivity index (χ0) is 14.8. The van der Waals surface area contributed by atoms with Gasteiger partial charge in [0.2, 0.25) is 15.8 Å². The number of hydrogen-bond donors (Lipinski definition) is 3. The van der Waals surface area contributed by atoms with Crippen molar-refractivity contribution in [1.29, 1.82) is 0 Å². The van der Waals surface area contributed by atoms with E-state index in [-0.39, 0.29) is 4.67 Å². The molecule has 1 heterocycles. The molecular weight excluding hydrogens is 356 g/mol. The highest BCUT2D eigenvalue weighted by atomic mass is 79.9. The highest BCUT2D eigenvalue weighted by Gasteiger charge is 2.26. The number of halogens is 3. The summed E-state index contributed by atoms with van der Waals surface area (Å²) in [6.07, 6.45) is -5.27. The molecule has 3 N–H and O–H groups in total. The summed E-state index contributed by atoms with van der Waals surface area (Å²) < 4.78 is 53.3. The van der Waals surface area contributed by atoms with E-state index in [1.54, 1.807) is 4.72 Å². The third-order valence-corrected chi connectivity index (χ3v) is 4.21. The first-order chi connectivity index (χ1) is 8.65. The molecule has 0 aliphatic carbocycles. The van der Waals surface area contributed by atoms with Crippen LogP contribution in [-0.2, 0) is 10.0 Å². The minimum absolute atomic E-state index is 0.385. The molecular formula is C8H8BrF2NO6S. The van der Waals surface area contributed by atoms with Gasteiger partial charge in [-0.15, -0.1) is 0 Å². The van der Waals surface area contributed by atoms with Crippen molar-refractivity contribution < 1.29 is 36.6 Å². The minimum Gasteiger partial charge on any atom is -0.475 e. The van der Waals surface area contributed by atoms with Crippen molar-refractivity contribution in [2.24, 2.45) is 0 Å². The Kier molecular flexibility index (Phi) is 5.01. The molecule has 108 valence electrons. The lowest BCUT2D eigenvalue weighted by Crippen LogP contribution is -2.35. The fraction of sp³-hybridized carbons (Fsp3) is 0.375. The molecule has 0 aliphatic heterocycles. The predicted octanol–water partition coefficient (Wildman–Crippen LogP) is 0.645. The predicted molar refractivity (Wildman–Crippen MR) is 60.6 cm³/mol. The number of sulfonamides is 1. The van der Waals surface area contributed by atoms with Crippen molar-refractivity contribution >= 4 is 31.9 Å². The molecule has 0 aromatic carbocycles. The lowest BCUT2D eigenvalue weighted by molar-refractivity contribution is -0.000454. The van der Waals surface area contributed by atoms with Crippen LogP contribution in [0.2, 0.25) is 0 Å². The van der Waals surface area contributed by atoms with E-state index in [0.29, 0.717) is 6.07 Å². The number of rotatable bonds is 6. The van der Waals surface area contributed by atoms with E-state index in [2.05, 4.69) is 20.3 Å². The highest BCUT2D eigenvalue weighted by Crippen LogP contribution is 2.26. The number of hydrogen-bond acceptors (Lipinski definition) is 5. The molecule has 1 aromatic heterocycles. The zero-order valence-corrected chi connectivity index (χ0v) is 11.4. The van der Waals surface area contributed by atoms with Crippen LogP contribution in [0.1, 0.15) is 10.6 Å². The molecule has 0 bridgehead atoms. The van der Waals surface area contributed by atoms with Gasteiger partial charge in [-0.2, -0.15) is 0 Å². The molecule has 0 saturated heterocycles. The molecule has 1 atom stereocenters. The third kappa shape index (κ3) is 3.96. The van der Waals surface area contributed by atoms with Crippen molar-refractivity contribution in [3.05, 3.63) is 16.5 Å². The zero-order valence-electron chi connectivity index (χ0n) is 9.01. The average molecular weight is 364 g/mol. The van der Waals surface area contributed by atoms with Gasteiger partial charge in [0.15, 0.2) is 4.67 Å². The summed E-state index contributed by atoms with van der Waals surface area (Å²) >= 11 is 2.70. The maximum atomic E-state index is 12.0. The van der Waals surface area contributed by atoms with Crippen LogP contribution >= 0.6 is 15.9 Å². The van der Waals surface area contributed by atoms with Crippen molar-refractivity contribution in [2.45, 2.75) is 17.4 Å². The van der Waals surface area contributed by atoms with E-state index < -0.39 is 45.7 Å². The fourth-order valence-corrected chi connectivity index (χ4v) is 2.99. The monoisotopic (exact) mass is 363 g/mol. The van der Waals surface area contributed by atoms with Gasteiger partial charge in [-0.25, -0.2) is 26.7 Å². The van der Waals surface area contributed by atoms with Crippen LogP contribution in [0, 0.1) is 0 Å². The normalized spacial score (nSPS) is 13.7. The van der Waals surface area contributed by atoms with E-state index in [0.717, 1.165) is 0 Å². The van der Waals surface area contributed by atoms with Crippen LogP contribution in [0.3, 0.4) is 0 Å². The summed E-state index contributed by atoms with van der Waals surface area (Å²) in [6.45, 7) is -0.917. The Balaban J connectivity index is 2.92. The molecule has 0 amide bonds. The quantitative estimate of drug-likeness (QED) is 0.682. The fourth-order valence-electron chi connectivity index (χ4n) is 1.00. The first-order valence-electron chi connectivity index (χ1n) is 4.63. The number of aliphatic hydroxyl groups is 1. The topological polar surface area (TPSA) is 117 Å². The maximum Gasteiger partial charge on any atom is 0.371 e. The largest absolute Gasteiger partial charge is 0.475 e. The van der Waals surface area contributed by atoms with E-state index in [9.17, 15) is 22.0 Å². The number of carboxylic acid groups (broad SMARTS) is 1. The Morgan fingerprint density at radius 1 is 1.53 bits per heavy atom. The lowest BCUT2D eigenvalue weighted by atomic mass is 10.4. The second-order valence-electron chi connectivity index (χ2n) is 3.31. The van der Waals surface area contributed by atoms with Crippen LogP contribution in [0.15, 0.2) is 20.0 Å². The van der Waals surface area contributed by atoms with Gasteiger partial charge in [-0.3, -0.25) is 0 Å². The van der Waals surface area contributed by atoms with Crippen LogP contribution in [0.5, 0.6) is 0 Å². The van der Waals surface area contributed by atoms with E-state index >= 15 is 0 Å². The summed E-state index contributed by atoms with van der Waals surface area (Å²) in [6, 6.07) is 0.712. The van der Waals surface area contributed by atoms with Gasteiger partial charge in [-0.05, 0) is 15.9 Å². The second-order valence-corrected chi connectivity index (χ2v) is 5.76. The highest BCUT2D eigenvalue weighted by molar-refractivity contribution is 9.10.